The molecule has 3 amide bonds. The van der Waals surface area contributed by atoms with Crippen molar-refractivity contribution in [2.75, 3.05) is 26.9 Å². The molecule has 3 rings (SSSR count). The minimum atomic E-state index is -0.899. The van der Waals surface area contributed by atoms with E-state index in [2.05, 4.69) is 20.7 Å². The molecule has 2 atom stereocenters. The van der Waals surface area contributed by atoms with Gasteiger partial charge in [0.1, 0.15) is 12.1 Å². The van der Waals surface area contributed by atoms with E-state index in [-0.39, 0.29) is 30.9 Å². The normalized spacial score (nSPS) is 15.3. The molecular weight excluding hydrogens is 559 g/mol. The van der Waals surface area contributed by atoms with Crippen LogP contribution in [0.5, 0.6) is 0 Å². The zero-order valence-corrected chi connectivity index (χ0v) is 21.1. The lowest BCUT2D eigenvalue weighted by Crippen LogP contribution is -2.55. The minimum absolute atomic E-state index is 0.00280. The van der Waals surface area contributed by atoms with Crippen LogP contribution in [0.3, 0.4) is 0 Å². The average Bonchev–Trinajstić information content (AvgIpc) is 2.79. The predicted molar refractivity (Wildman–Crippen MR) is 136 cm³/mol. The highest BCUT2D eigenvalue weighted by atomic mass is 127. The second-order valence-electron chi connectivity index (χ2n) is 7.63. The van der Waals surface area contributed by atoms with Crippen LogP contribution in [0.15, 0.2) is 42.5 Å². The predicted octanol–water partition coefficient (Wildman–Crippen LogP) is 1.45. The monoisotopic (exact) mass is 586 g/mol. The van der Waals surface area contributed by atoms with Gasteiger partial charge in [-0.3, -0.25) is 14.4 Å². The Hall–Kier alpha value is -1.93. The number of nitrogens with one attached hydrogen (secondary N) is 4. The van der Waals surface area contributed by atoms with Gasteiger partial charge >= 0.3 is 0 Å². The van der Waals surface area contributed by atoms with Crippen LogP contribution in [0.1, 0.15) is 12.0 Å². The van der Waals surface area contributed by atoms with E-state index in [0.717, 1.165) is 16.3 Å². The molecule has 11 heteroatoms. The number of halogens is 1. The molecule has 0 aromatic heterocycles. The van der Waals surface area contributed by atoms with E-state index in [1.807, 2.05) is 63.7 Å². The van der Waals surface area contributed by atoms with Crippen molar-refractivity contribution >= 4 is 58.8 Å². The maximum absolute atomic E-state index is 12.8. The fourth-order valence-corrected chi connectivity index (χ4v) is 4.63. The number of hydrogen-bond acceptors (Lipinski definition) is 7. The van der Waals surface area contributed by atoms with Crippen molar-refractivity contribution in [2.45, 2.75) is 31.1 Å². The van der Waals surface area contributed by atoms with Gasteiger partial charge in [0, 0.05) is 34.9 Å². The third kappa shape index (κ3) is 7.54. The lowest BCUT2D eigenvalue weighted by atomic mass is 10.0. The van der Waals surface area contributed by atoms with Crippen molar-refractivity contribution < 1.29 is 23.9 Å². The van der Waals surface area contributed by atoms with Crippen LogP contribution >= 0.6 is 30.3 Å². The molecule has 2 aromatic rings. The SMILES string of the molecule is COC[C@H](NC(=O)[C@H](CC(=O)NC1COC1)NSI)C(=O)NCc1cccc2ccccc12. The van der Waals surface area contributed by atoms with E-state index in [1.165, 1.54) is 16.2 Å². The smallest absolute Gasteiger partial charge is 0.245 e. The molecule has 0 radical (unpaired) electrons. The Morgan fingerprint density at radius 1 is 1.12 bits per heavy atom. The van der Waals surface area contributed by atoms with E-state index < -0.39 is 18.0 Å². The Balaban J connectivity index is 1.59. The van der Waals surface area contributed by atoms with Crippen LogP contribution in [-0.4, -0.2) is 62.8 Å². The van der Waals surface area contributed by atoms with Crippen molar-refractivity contribution in [2.24, 2.45) is 0 Å². The van der Waals surface area contributed by atoms with Gasteiger partial charge in [-0.2, -0.15) is 0 Å². The Kier molecular flexibility index (Phi) is 10.2. The number of carbonyl (C=O) groups is 3. The number of benzene rings is 2. The maximum Gasteiger partial charge on any atom is 0.245 e. The van der Waals surface area contributed by atoms with Crippen molar-refractivity contribution in [3.05, 3.63) is 48.0 Å². The first kappa shape index (κ1) is 25.7. The largest absolute Gasteiger partial charge is 0.382 e. The second-order valence-corrected chi connectivity index (χ2v) is 9.34. The summed E-state index contributed by atoms with van der Waals surface area (Å²) in [4.78, 5) is 37.9. The highest BCUT2D eigenvalue weighted by molar-refractivity contribution is 14.2. The van der Waals surface area contributed by atoms with Crippen LogP contribution in [0.25, 0.3) is 10.8 Å². The van der Waals surface area contributed by atoms with Crippen LogP contribution in [0, 0.1) is 0 Å². The van der Waals surface area contributed by atoms with Crippen molar-refractivity contribution in [1.29, 1.82) is 0 Å². The van der Waals surface area contributed by atoms with Gasteiger partial charge in [0.2, 0.25) is 17.7 Å². The van der Waals surface area contributed by atoms with Crippen LogP contribution < -0.4 is 20.7 Å². The summed E-state index contributed by atoms with van der Waals surface area (Å²) in [6, 6.07) is 12.1. The van der Waals surface area contributed by atoms with Crippen molar-refractivity contribution in [3.63, 3.8) is 0 Å². The molecule has 1 saturated heterocycles. The van der Waals surface area contributed by atoms with Crippen molar-refractivity contribution in [1.82, 2.24) is 20.7 Å². The molecule has 1 fully saturated rings. The molecule has 0 aliphatic carbocycles. The molecule has 4 N–H and O–H groups in total. The first-order valence-electron chi connectivity index (χ1n) is 10.5. The third-order valence-electron chi connectivity index (χ3n) is 5.20. The number of methoxy groups -OCH3 is 1. The lowest BCUT2D eigenvalue weighted by molar-refractivity contribution is -0.133. The highest BCUT2D eigenvalue weighted by Gasteiger charge is 2.29. The number of rotatable bonds is 12. The van der Waals surface area contributed by atoms with Gasteiger partial charge in [-0.15, -0.1) is 0 Å². The number of hydrogen-bond donors (Lipinski definition) is 4. The molecule has 0 saturated carbocycles. The summed E-state index contributed by atoms with van der Waals surface area (Å²) < 4.78 is 13.1. The Morgan fingerprint density at radius 2 is 1.88 bits per heavy atom. The summed E-state index contributed by atoms with van der Waals surface area (Å²) in [7, 11) is 2.66. The van der Waals surface area contributed by atoms with Gasteiger partial charge in [-0.25, -0.2) is 4.72 Å². The fourth-order valence-electron chi connectivity index (χ4n) is 3.41. The summed E-state index contributed by atoms with van der Waals surface area (Å²) in [5.74, 6) is -1.08. The van der Waals surface area contributed by atoms with Crippen LogP contribution in [-0.2, 0) is 30.4 Å². The number of ether oxygens (including phenoxy) is 2. The first-order chi connectivity index (χ1) is 16.0. The Labute approximate surface area is 208 Å². The summed E-state index contributed by atoms with van der Waals surface area (Å²) in [6.45, 7) is 1.27. The van der Waals surface area contributed by atoms with E-state index in [4.69, 9.17) is 9.47 Å². The molecule has 0 bridgehead atoms. The van der Waals surface area contributed by atoms with E-state index in [0.29, 0.717) is 19.8 Å². The lowest BCUT2D eigenvalue weighted by Gasteiger charge is -2.27. The second kappa shape index (κ2) is 13.1. The van der Waals surface area contributed by atoms with Gasteiger partial charge < -0.3 is 25.4 Å². The minimum Gasteiger partial charge on any atom is -0.382 e. The Morgan fingerprint density at radius 3 is 2.58 bits per heavy atom. The quantitative estimate of drug-likeness (QED) is 0.220. The zero-order chi connectivity index (χ0) is 23.6. The number of fused-ring (bicyclic) bond motifs is 1. The first-order valence-corrected chi connectivity index (χ1v) is 13.8. The molecule has 9 nitrogen and oxygen atoms in total. The van der Waals surface area contributed by atoms with E-state index in [1.54, 1.807) is 0 Å². The number of amides is 3. The molecular formula is C22H27IN4O5S. The molecule has 33 heavy (non-hydrogen) atoms. The third-order valence-corrected chi connectivity index (χ3v) is 6.33. The van der Waals surface area contributed by atoms with Crippen LogP contribution in [0.2, 0.25) is 0 Å². The molecule has 1 heterocycles. The van der Waals surface area contributed by atoms with Gasteiger partial charge in [0.15, 0.2) is 0 Å². The van der Waals surface area contributed by atoms with Crippen molar-refractivity contribution in [3.8, 4) is 0 Å². The number of carbonyl (C=O) groups excluding carboxylic acids is 3. The van der Waals surface area contributed by atoms with E-state index >= 15 is 0 Å². The standard InChI is InChI=1S/C22H27IN4O5S/c1-31-13-19(21(29)24-10-15-7-4-6-14-5-2-3-8-17(14)15)26-22(30)18(27-33-23)9-20(28)25-16-11-32-12-16/h2-8,16,18-19,27H,9-13H2,1H3,(H,24,29)(H,25,28)(H,26,30)/t18-,19-/m0/s1. The zero-order valence-electron chi connectivity index (χ0n) is 18.1. The molecule has 178 valence electrons. The maximum atomic E-state index is 12.8. The van der Waals surface area contributed by atoms with E-state index in [9.17, 15) is 14.4 Å². The van der Waals surface area contributed by atoms with Gasteiger partial charge in [-0.05, 0) is 25.5 Å². The average molecular weight is 586 g/mol. The van der Waals surface area contributed by atoms with Gasteiger partial charge in [0.25, 0.3) is 0 Å². The molecule has 0 spiro atoms. The summed E-state index contributed by atoms with van der Waals surface area (Å²) in [5.41, 5.74) is 0.974. The molecule has 0 unspecified atom stereocenters. The summed E-state index contributed by atoms with van der Waals surface area (Å²) in [6.07, 6.45) is -0.0599. The summed E-state index contributed by atoms with van der Waals surface area (Å²) in [5, 5.41) is 10.5. The Bertz CT molecular complexity index is 969. The summed E-state index contributed by atoms with van der Waals surface area (Å²) >= 11 is 1.99. The molecule has 1 aliphatic rings. The molecule has 2 aromatic carbocycles. The highest BCUT2D eigenvalue weighted by Crippen LogP contribution is 2.18. The van der Waals surface area contributed by atoms with Gasteiger partial charge in [-0.1, -0.05) is 42.5 Å². The topological polar surface area (TPSA) is 118 Å². The van der Waals surface area contributed by atoms with Crippen LogP contribution in [0.4, 0.5) is 0 Å². The fraction of sp³-hybridized carbons (Fsp3) is 0.409. The van der Waals surface area contributed by atoms with Gasteiger partial charge in [0.05, 0.1) is 32.3 Å². The molecule has 1 aliphatic heterocycles.